The van der Waals surface area contributed by atoms with E-state index in [1.54, 1.807) is 12.1 Å². The monoisotopic (exact) mass is 493 g/mol. The molecule has 0 amide bonds. The lowest BCUT2D eigenvalue weighted by Crippen LogP contribution is -2.41. The van der Waals surface area contributed by atoms with Crippen LogP contribution in [0, 0.1) is 5.92 Å². The summed E-state index contributed by atoms with van der Waals surface area (Å²) in [6, 6.07) is 22.2. The number of piperidine rings is 1. The molecule has 1 saturated heterocycles. The fraction of sp³-hybridized carbons (Fsp3) is 0.296. The van der Waals surface area contributed by atoms with Gasteiger partial charge >= 0.3 is 5.97 Å². The van der Waals surface area contributed by atoms with Crippen molar-refractivity contribution < 1.29 is 27.4 Å². The van der Waals surface area contributed by atoms with E-state index in [9.17, 15) is 13.2 Å². The van der Waals surface area contributed by atoms with Crippen LogP contribution in [-0.2, 0) is 21.2 Å². The van der Waals surface area contributed by atoms with Crippen molar-refractivity contribution in [3.63, 3.8) is 0 Å². The number of esters is 1. The van der Waals surface area contributed by atoms with Crippen LogP contribution >= 0.6 is 0 Å². The molecule has 0 bridgehead atoms. The molecule has 2 aliphatic rings. The Labute approximate surface area is 205 Å². The van der Waals surface area contributed by atoms with Gasteiger partial charge in [-0.1, -0.05) is 48.5 Å². The second-order valence-electron chi connectivity index (χ2n) is 8.68. The lowest BCUT2D eigenvalue weighted by atomic mass is 9.98. The van der Waals surface area contributed by atoms with E-state index in [2.05, 4.69) is 0 Å². The lowest BCUT2D eigenvalue weighted by molar-refractivity contribution is -0.140. The average Bonchev–Trinajstić information content (AvgIpc) is 2.90. The summed E-state index contributed by atoms with van der Waals surface area (Å²) in [6.07, 6.45) is 1.48. The molecule has 3 aromatic carbocycles. The maximum atomic E-state index is 13.2. The van der Waals surface area contributed by atoms with E-state index < -0.39 is 10.0 Å². The average molecular weight is 494 g/mol. The Morgan fingerprint density at radius 1 is 0.886 bits per heavy atom. The Hall–Kier alpha value is -3.36. The van der Waals surface area contributed by atoms with Crippen LogP contribution in [0.3, 0.4) is 0 Å². The second kappa shape index (κ2) is 10.1. The summed E-state index contributed by atoms with van der Waals surface area (Å²) < 4.78 is 44.6. The van der Waals surface area contributed by atoms with Crippen molar-refractivity contribution in [3.8, 4) is 17.2 Å². The van der Waals surface area contributed by atoms with Gasteiger partial charge in [0.05, 0.1) is 10.8 Å². The van der Waals surface area contributed by atoms with E-state index in [0.29, 0.717) is 49.7 Å². The standard InChI is InChI=1S/C27H27NO6S/c29-27(34-24-9-5-4-8-22(24)18-20-6-2-1-3-7-20)21-12-14-28(15-13-21)35(30,31)23-10-11-25-26(19-23)33-17-16-32-25/h1-11,19,21H,12-18H2. The lowest BCUT2D eigenvalue weighted by Gasteiger charge is -2.30. The van der Waals surface area contributed by atoms with Crippen molar-refractivity contribution in [2.24, 2.45) is 5.92 Å². The minimum atomic E-state index is -3.70. The first-order chi connectivity index (χ1) is 17.0. The molecule has 0 radical (unpaired) electrons. The van der Waals surface area contributed by atoms with Crippen molar-refractivity contribution in [2.45, 2.75) is 24.2 Å². The number of carbonyl (C=O) groups excluding carboxylic acids is 1. The predicted molar refractivity (Wildman–Crippen MR) is 130 cm³/mol. The Morgan fingerprint density at radius 2 is 1.57 bits per heavy atom. The molecule has 3 aromatic rings. The van der Waals surface area contributed by atoms with Gasteiger partial charge in [0, 0.05) is 25.6 Å². The largest absolute Gasteiger partial charge is 0.486 e. The first-order valence-corrected chi connectivity index (χ1v) is 13.2. The summed E-state index contributed by atoms with van der Waals surface area (Å²) in [6.45, 7) is 1.34. The zero-order valence-corrected chi connectivity index (χ0v) is 20.1. The molecule has 0 atom stereocenters. The number of para-hydroxylation sites is 1. The molecule has 2 heterocycles. The molecule has 0 N–H and O–H groups in total. The van der Waals surface area contributed by atoms with Gasteiger partial charge in [0.1, 0.15) is 19.0 Å². The summed E-state index contributed by atoms with van der Waals surface area (Å²) in [7, 11) is -3.70. The fourth-order valence-electron chi connectivity index (χ4n) is 4.42. The van der Waals surface area contributed by atoms with Crippen LogP contribution in [0.4, 0.5) is 0 Å². The molecule has 0 aromatic heterocycles. The zero-order chi connectivity index (χ0) is 24.3. The van der Waals surface area contributed by atoms with Gasteiger partial charge in [0.25, 0.3) is 0 Å². The molecule has 0 spiro atoms. The van der Waals surface area contributed by atoms with Gasteiger partial charge in [-0.3, -0.25) is 4.79 Å². The van der Waals surface area contributed by atoms with Crippen LogP contribution in [-0.4, -0.2) is 45.0 Å². The molecular weight excluding hydrogens is 466 g/mol. The van der Waals surface area contributed by atoms with E-state index in [1.165, 1.54) is 16.4 Å². The summed E-state index contributed by atoms with van der Waals surface area (Å²) >= 11 is 0. The SMILES string of the molecule is O=C(Oc1ccccc1Cc1ccccc1)C1CCN(S(=O)(=O)c2ccc3c(c2)OCCO3)CC1. The van der Waals surface area contributed by atoms with Gasteiger partial charge in [-0.15, -0.1) is 0 Å². The summed E-state index contributed by atoms with van der Waals surface area (Å²) in [5.74, 6) is 0.857. The van der Waals surface area contributed by atoms with E-state index in [1.807, 2.05) is 48.5 Å². The molecule has 8 heteroatoms. The van der Waals surface area contributed by atoms with Crippen LogP contribution in [0.15, 0.2) is 77.7 Å². The molecule has 2 aliphatic heterocycles. The van der Waals surface area contributed by atoms with Gasteiger partial charge in [-0.2, -0.15) is 4.31 Å². The van der Waals surface area contributed by atoms with Crippen molar-refractivity contribution in [1.29, 1.82) is 0 Å². The number of fused-ring (bicyclic) bond motifs is 1. The van der Waals surface area contributed by atoms with Crippen LogP contribution in [0.1, 0.15) is 24.0 Å². The highest BCUT2D eigenvalue weighted by Gasteiger charge is 2.34. The van der Waals surface area contributed by atoms with E-state index in [0.717, 1.165) is 11.1 Å². The number of hydrogen-bond donors (Lipinski definition) is 0. The molecule has 5 rings (SSSR count). The summed E-state index contributed by atoms with van der Waals surface area (Å²) in [5, 5.41) is 0. The van der Waals surface area contributed by atoms with Gasteiger partial charge in [0.2, 0.25) is 10.0 Å². The Balaban J connectivity index is 1.22. The van der Waals surface area contributed by atoms with Crippen LogP contribution in [0.25, 0.3) is 0 Å². The first kappa shape index (κ1) is 23.4. The van der Waals surface area contributed by atoms with Crippen LogP contribution < -0.4 is 14.2 Å². The van der Waals surface area contributed by atoms with Crippen LogP contribution in [0.5, 0.6) is 17.2 Å². The minimum Gasteiger partial charge on any atom is -0.486 e. The smallest absolute Gasteiger partial charge is 0.314 e. The Bertz CT molecular complexity index is 1300. The van der Waals surface area contributed by atoms with Gasteiger partial charge < -0.3 is 14.2 Å². The summed E-state index contributed by atoms with van der Waals surface area (Å²) in [5.41, 5.74) is 2.07. The minimum absolute atomic E-state index is 0.164. The molecule has 35 heavy (non-hydrogen) atoms. The van der Waals surface area contributed by atoms with E-state index in [4.69, 9.17) is 14.2 Å². The second-order valence-corrected chi connectivity index (χ2v) is 10.6. The maximum absolute atomic E-state index is 13.2. The quantitative estimate of drug-likeness (QED) is 0.381. The number of rotatable bonds is 6. The van der Waals surface area contributed by atoms with E-state index in [-0.39, 0.29) is 29.9 Å². The third-order valence-electron chi connectivity index (χ3n) is 6.36. The highest BCUT2D eigenvalue weighted by atomic mass is 32.2. The molecule has 0 unspecified atom stereocenters. The maximum Gasteiger partial charge on any atom is 0.314 e. The van der Waals surface area contributed by atoms with Crippen molar-refractivity contribution in [1.82, 2.24) is 4.31 Å². The molecule has 1 fully saturated rings. The third-order valence-corrected chi connectivity index (χ3v) is 8.25. The fourth-order valence-corrected chi connectivity index (χ4v) is 5.91. The molecular formula is C27H27NO6S. The predicted octanol–water partition coefficient (Wildman–Crippen LogP) is 4.05. The van der Waals surface area contributed by atoms with E-state index >= 15 is 0 Å². The van der Waals surface area contributed by atoms with Crippen molar-refractivity contribution >= 4 is 16.0 Å². The normalized spacial score (nSPS) is 16.6. The number of benzene rings is 3. The van der Waals surface area contributed by atoms with Crippen molar-refractivity contribution in [3.05, 3.63) is 83.9 Å². The molecule has 0 saturated carbocycles. The Morgan fingerprint density at radius 3 is 2.34 bits per heavy atom. The topological polar surface area (TPSA) is 82.1 Å². The highest BCUT2D eigenvalue weighted by Crippen LogP contribution is 2.34. The zero-order valence-electron chi connectivity index (χ0n) is 19.3. The molecule has 0 aliphatic carbocycles. The Kier molecular flexibility index (Phi) is 6.74. The summed E-state index contributed by atoms with van der Waals surface area (Å²) in [4.78, 5) is 13.1. The van der Waals surface area contributed by atoms with Crippen LogP contribution in [0.2, 0.25) is 0 Å². The van der Waals surface area contributed by atoms with Crippen molar-refractivity contribution in [2.75, 3.05) is 26.3 Å². The number of carbonyl (C=O) groups is 1. The highest BCUT2D eigenvalue weighted by molar-refractivity contribution is 7.89. The molecule has 7 nitrogen and oxygen atoms in total. The van der Waals surface area contributed by atoms with Gasteiger partial charge in [-0.25, -0.2) is 8.42 Å². The number of sulfonamides is 1. The number of ether oxygens (including phenoxy) is 3. The van der Waals surface area contributed by atoms with Gasteiger partial charge in [0.15, 0.2) is 11.5 Å². The van der Waals surface area contributed by atoms with Gasteiger partial charge in [-0.05, 0) is 42.2 Å². The third kappa shape index (κ3) is 5.18. The first-order valence-electron chi connectivity index (χ1n) is 11.7. The number of hydrogen-bond acceptors (Lipinski definition) is 6. The number of nitrogens with zero attached hydrogens (tertiary/aromatic N) is 1. The molecule has 182 valence electrons.